The highest BCUT2D eigenvalue weighted by Crippen LogP contribution is 2.31. The van der Waals surface area contributed by atoms with Crippen LogP contribution in [0.25, 0.3) is 10.2 Å². The van der Waals surface area contributed by atoms with Crippen molar-refractivity contribution in [1.29, 1.82) is 0 Å². The van der Waals surface area contributed by atoms with E-state index < -0.39 is 0 Å². The van der Waals surface area contributed by atoms with Crippen LogP contribution in [0.3, 0.4) is 0 Å². The third-order valence-electron chi connectivity index (χ3n) is 5.54. The monoisotopic (exact) mass is 416 g/mol. The van der Waals surface area contributed by atoms with Crippen LogP contribution in [0.1, 0.15) is 32.6 Å². The highest BCUT2D eigenvalue weighted by Gasteiger charge is 2.28. The van der Waals surface area contributed by atoms with Crippen molar-refractivity contribution in [3.63, 3.8) is 0 Å². The molecule has 2 aliphatic rings. The van der Waals surface area contributed by atoms with Crippen LogP contribution in [0.5, 0.6) is 0 Å². The number of amides is 2. The molecule has 1 atom stereocenters. The van der Waals surface area contributed by atoms with Crippen LogP contribution in [0.4, 0.5) is 10.8 Å². The first kappa shape index (κ1) is 20.1. The maximum absolute atomic E-state index is 12.8. The van der Waals surface area contributed by atoms with Crippen LogP contribution >= 0.6 is 11.3 Å². The minimum absolute atomic E-state index is 0.00346. The minimum Gasteiger partial charge on any atom is -0.378 e. The number of morpholine rings is 1. The molecule has 2 fully saturated rings. The summed E-state index contributed by atoms with van der Waals surface area (Å²) in [4.78, 5) is 33.8. The van der Waals surface area contributed by atoms with Crippen LogP contribution in [-0.4, -0.2) is 61.1 Å². The number of fused-ring (bicyclic) bond motifs is 1. The highest BCUT2D eigenvalue weighted by atomic mass is 32.1. The Balaban J connectivity index is 1.41. The van der Waals surface area contributed by atoms with Crippen molar-refractivity contribution < 1.29 is 14.3 Å². The number of carbonyl (C=O) groups is 2. The second-order valence-electron chi connectivity index (χ2n) is 7.70. The number of thiazole rings is 1. The largest absolute Gasteiger partial charge is 0.378 e. The Bertz CT molecular complexity index is 878. The number of rotatable bonds is 5. The molecule has 2 amide bonds. The third-order valence-corrected chi connectivity index (χ3v) is 6.61. The van der Waals surface area contributed by atoms with Gasteiger partial charge in [0.15, 0.2) is 5.13 Å². The van der Waals surface area contributed by atoms with E-state index in [1.807, 2.05) is 30.0 Å². The van der Waals surface area contributed by atoms with E-state index in [1.165, 1.54) is 0 Å². The molecule has 8 heteroatoms. The number of aromatic nitrogens is 1. The van der Waals surface area contributed by atoms with Crippen molar-refractivity contribution >= 4 is 44.2 Å². The summed E-state index contributed by atoms with van der Waals surface area (Å²) in [5.74, 6) is 0.00797. The van der Waals surface area contributed by atoms with E-state index in [1.54, 1.807) is 11.3 Å². The smallest absolute Gasteiger partial charge is 0.229 e. The van der Waals surface area contributed by atoms with Crippen molar-refractivity contribution in [3.05, 3.63) is 18.2 Å². The molecule has 156 valence electrons. The second kappa shape index (κ2) is 9.09. The molecule has 4 rings (SSSR count). The van der Waals surface area contributed by atoms with Gasteiger partial charge in [0, 0.05) is 38.3 Å². The van der Waals surface area contributed by atoms with E-state index in [-0.39, 0.29) is 17.7 Å². The van der Waals surface area contributed by atoms with E-state index in [0.717, 1.165) is 73.1 Å². The summed E-state index contributed by atoms with van der Waals surface area (Å²) in [5.41, 5.74) is 1.74. The number of carbonyl (C=O) groups excluding carboxylic acids is 2. The van der Waals surface area contributed by atoms with Gasteiger partial charge in [0.05, 0.1) is 29.3 Å². The molecule has 29 heavy (non-hydrogen) atoms. The lowest BCUT2D eigenvalue weighted by Gasteiger charge is -2.32. The number of hydrogen-bond acceptors (Lipinski definition) is 6. The third kappa shape index (κ3) is 4.70. The number of hydrogen-bond donors (Lipinski definition) is 1. The van der Waals surface area contributed by atoms with Gasteiger partial charge in [-0.1, -0.05) is 18.3 Å². The molecule has 0 saturated carbocycles. The minimum atomic E-state index is -0.148. The first-order valence-corrected chi connectivity index (χ1v) is 11.3. The Morgan fingerprint density at radius 3 is 2.90 bits per heavy atom. The number of ether oxygens (including phenoxy) is 1. The molecule has 0 bridgehead atoms. The van der Waals surface area contributed by atoms with E-state index in [0.29, 0.717) is 13.0 Å². The van der Waals surface area contributed by atoms with E-state index in [2.05, 4.69) is 10.2 Å². The summed E-state index contributed by atoms with van der Waals surface area (Å²) >= 11 is 1.65. The van der Waals surface area contributed by atoms with Gasteiger partial charge in [0.2, 0.25) is 11.8 Å². The van der Waals surface area contributed by atoms with Crippen molar-refractivity contribution in [3.8, 4) is 0 Å². The summed E-state index contributed by atoms with van der Waals surface area (Å²) in [7, 11) is 0. The van der Waals surface area contributed by atoms with Gasteiger partial charge in [-0.3, -0.25) is 9.59 Å². The Morgan fingerprint density at radius 1 is 1.28 bits per heavy atom. The number of likely N-dealkylation sites (tertiary alicyclic amines) is 1. The van der Waals surface area contributed by atoms with Crippen LogP contribution in [0.2, 0.25) is 0 Å². The van der Waals surface area contributed by atoms with Gasteiger partial charge >= 0.3 is 0 Å². The molecule has 0 aliphatic carbocycles. The maximum Gasteiger partial charge on any atom is 0.229 e. The zero-order valence-corrected chi connectivity index (χ0v) is 17.7. The standard InChI is InChI=1S/C21H28N4O3S/c1-2-4-19(26)25-8-3-5-15(14-25)20(27)22-16-6-7-17-18(13-16)29-21(23-17)24-9-11-28-12-10-24/h6-7,13,15H,2-5,8-12,14H2,1H3,(H,22,27). The molecule has 1 unspecified atom stereocenters. The fourth-order valence-electron chi connectivity index (χ4n) is 3.91. The maximum atomic E-state index is 12.8. The lowest BCUT2D eigenvalue weighted by Crippen LogP contribution is -2.43. The molecule has 3 heterocycles. The van der Waals surface area contributed by atoms with Gasteiger partial charge in [-0.05, 0) is 37.5 Å². The molecule has 1 aromatic carbocycles. The quantitative estimate of drug-likeness (QED) is 0.811. The van der Waals surface area contributed by atoms with Gasteiger partial charge in [0.25, 0.3) is 0 Å². The van der Waals surface area contributed by atoms with Crippen molar-refractivity contribution in [2.75, 3.05) is 49.6 Å². The number of anilines is 2. The zero-order chi connectivity index (χ0) is 20.2. The van der Waals surface area contributed by atoms with Crippen molar-refractivity contribution in [1.82, 2.24) is 9.88 Å². The Hall–Kier alpha value is -2.19. The van der Waals surface area contributed by atoms with E-state index in [9.17, 15) is 9.59 Å². The predicted octanol–water partition coefficient (Wildman–Crippen LogP) is 3.11. The van der Waals surface area contributed by atoms with Gasteiger partial charge < -0.3 is 19.9 Å². The molecule has 0 radical (unpaired) electrons. The number of benzene rings is 1. The fourth-order valence-corrected chi connectivity index (χ4v) is 4.97. The van der Waals surface area contributed by atoms with E-state index >= 15 is 0 Å². The molecular formula is C21H28N4O3S. The Kier molecular flexibility index (Phi) is 6.30. The lowest BCUT2D eigenvalue weighted by molar-refractivity contribution is -0.134. The Labute approximate surface area is 175 Å². The SMILES string of the molecule is CCCC(=O)N1CCCC(C(=O)Nc2ccc3nc(N4CCOCC4)sc3c2)C1. The molecule has 0 spiro atoms. The predicted molar refractivity (Wildman–Crippen MR) is 115 cm³/mol. The summed E-state index contributed by atoms with van der Waals surface area (Å²) in [6, 6.07) is 5.87. The van der Waals surface area contributed by atoms with Gasteiger partial charge in [-0.25, -0.2) is 4.98 Å². The van der Waals surface area contributed by atoms with Crippen LogP contribution in [0, 0.1) is 5.92 Å². The van der Waals surface area contributed by atoms with Crippen molar-refractivity contribution in [2.45, 2.75) is 32.6 Å². The molecule has 2 saturated heterocycles. The van der Waals surface area contributed by atoms with Crippen LogP contribution < -0.4 is 10.2 Å². The zero-order valence-electron chi connectivity index (χ0n) is 16.9. The van der Waals surface area contributed by atoms with Crippen LogP contribution in [-0.2, 0) is 14.3 Å². The van der Waals surface area contributed by atoms with Gasteiger partial charge in [-0.2, -0.15) is 0 Å². The van der Waals surface area contributed by atoms with E-state index in [4.69, 9.17) is 9.72 Å². The van der Waals surface area contributed by atoms with Gasteiger partial charge in [0.1, 0.15) is 0 Å². The molecule has 2 aliphatic heterocycles. The number of piperidine rings is 1. The van der Waals surface area contributed by atoms with Crippen molar-refractivity contribution in [2.24, 2.45) is 5.92 Å². The Morgan fingerprint density at radius 2 is 2.10 bits per heavy atom. The summed E-state index contributed by atoms with van der Waals surface area (Å²) in [6.07, 6.45) is 3.10. The number of nitrogens with one attached hydrogen (secondary N) is 1. The highest BCUT2D eigenvalue weighted by molar-refractivity contribution is 7.22. The normalized spacial score (nSPS) is 20.1. The summed E-state index contributed by atoms with van der Waals surface area (Å²) in [5, 5.41) is 4.06. The van der Waals surface area contributed by atoms with Crippen LogP contribution in [0.15, 0.2) is 18.2 Å². The van der Waals surface area contributed by atoms with Gasteiger partial charge in [-0.15, -0.1) is 0 Å². The molecule has 1 aromatic heterocycles. The lowest BCUT2D eigenvalue weighted by atomic mass is 9.96. The number of nitrogens with zero attached hydrogens (tertiary/aromatic N) is 3. The molecule has 2 aromatic rings. The first-order valence-electron chi connectivity index (χ1n) is 10.5. The average molecular weight is 417 g/mol. The molecule has 7 nitrogen and oxygen atoms in total. The molecular weight excluding hydrogens is 388 g/mol. The molecule has 1 N–H and O–H groups in total. The second-order valence-corrected chi connectivity index (χ2v) is 8.71. The summed E-state index contributed by atoms with van der Waals surface area (Å²) in [6.45, 7) is 6.48. The summed E-state index contributed by atoms with van der Waals surface area (Å²) < 4.78 is 6.48. The first-order chi connectivity index (χ1) is 14.1. The average Bonchev–Trinajstić information content (AvgIpc) is 3.18. The topological polar surface area (TPSA) is 74.8 Å². The fraction of sp³-hybridized carbons (Fsp3) is 0.571.